The van der Waals surface area contributed by atoms with Gasteiger partial charge >= 0.3 is 6.03 Å². The molecule has 0 saturated carbocycles. The molecule has 0 fully saturated rings. The van der Waals surface area contributed by atoms with Crippen molar-refractivity contribution in [2.45, 2.75) is 19.4 Å². The molecule has 3 aromatic rings. The molecule has 27 heavy (non-hydrogen) atoms. The highest BCUT2D eigenvalue weighted by atomic mass is 16.2. The minimum atomic E-state index is -0.0590. The highest BCUT2D eigenvalue weighted by Gasteiger charge is 2.09. The van der Waals surface area contributed by atoms with Crippen LogP contribution < -0.4 is 10.2 Å². The number of H-pyrrole nitrogens is 1. The zero-order valence-corrected chi connectivity index (χ0v) is 16.2. The van der Waals surface area contributed by atoms with E-state index in [1.807, 2.05) is 45.4 Å². The molecule has 0 bridgehead atoms. The third-order valence-electron chi connectivity index (χ3n) is 4.52. The number of amides is 2. The van der Waals surface area contributed by atoms with Crippen LogP contribution in [0.5, 0.6) is 0 Å². The molecule has 0 aliphatic carbocycles. The van der Waals surface area contributed by atoms with Crippen molar-refractivity contribution in [3.63, 3.8) is 0 Å². The maximum Gasteiger partial charge on any atom is 0.317 e. The largest absolute Gasteiger partial charge is 0.378 e. The first-order valence-corrected chi connectivity index (χ1v) is 9.22. The normalized spacial score (nSPS) is 10.8. The van der Waals surface area contributed by atoms with Gasteiger partial charge in [0.15, 0.2) is 0 Å². The van der Waals surface area contributed by atoms with Crippen LogP contribution in [0.3, 0.4) is 0 Å². The maximum atomic E-state index is 12.3. The fourth-order valence-corrected chi connectivity index (χ4v) is 2.96. The number of anilines is 1. The van der Waals surface area contributed by atoms with Gasteiger partial charge in [0, 0.05) is 46.3 Å². The summed E-state index contributed by atoms with van der Waals surface area (Å²) >= 11 is 0. The number of imidazole rings is 1. The predicted molar refractivity (Wildman–Crippen MR) is 110 cm³/mol. The molecule has 2 aromatic carbocycles. The number of para-hydroxylation sites is 2. The number of hydrogen-bond acceptors (Lipinski definition) is 3. The second-order valence-corrected chi connectivity index (χ2v) is 6.95. The van der Waals surface area contributed by atoms with Crippen molar-refractivity contribution in [2.75, 3.05) is 32.6 Å². The Bertz CT molecular complexity index is 852. The summed E-state index contributed by atoms with van der Waals surface area (Å²) in [6, 6.07) is 16.2. The van der Waals surface area contributed by atoms with Gasteiger partial charge in [-0.2, -0.15) is 0 Å². The summed E-state index contributed by atoms with van der Waals surface area (Å²) in [6.07, 6.45) is 1.65. The number of nitrogens with one attached hydrogen (secondary N) is 2. The van der Waals surface area contributed by atoms with Gasteiger partial charge in [0.05, 0.1) is 11.0 Å². The summed E-state index contributed by atoms with van der Waals surface area (Å²) in [7, 11) is 5.84. The van der Waals surface area contributed by atoms with E-state index in [9.17, 15) is 4.79 Å². The molecule has 0 aliphatic rings. The minimum absolute atomic E-state index is 0.0590. The predicted octanol–water partition coefficient (Wildman–Crippen LogP) is 3.40. The zero-order valence-electron chi connectivity index (χ0n) is 16.2. The van der Waals surface area contributed by atoms with Crippen molar-refractivity contribution in [2.24, 2.45) is 0 Å². The third-order valence-corrected chi connectivity index (χ3v) is 4.52. The van der Waals surface area contributed by atoms with Crippen LogP contribution in [0.2, 0.25) is 0 Å². The van der Waals surface area contributed by atoms with Gasteiger partial charge in [-0.25, -0.2) is 9.78 Å². The van der Waals surface area contributed by atoms with Crippen LogP contribution in [0.15, 0.2) is 48.5 Å². The van der Waals surface area contributed by atoms with Crippen molar-refractivity contribution in [1.82, 2.24) is 20.2 Å². The van der Waals surface area contributed by atoms with Gasteiger partial charge in [0.2, 0.25) is 0 Å². The van der Waals surface area contributed by atoms with Gasteiger partial charge in [0.1, 0.15) is 5.82 Å². The van der Waals surface area contributed by atoms with E-state index in [1.165, 1.54) is 0 Å². The van der Waals surface area contributed by atoms with Gasteiger partial charge < -0.3 is 20.1 Å². The number of fused-ring (bicyclic) bond motifs is 1. The lowest BCUT2D eigenvalue weighted by molar-refractivity contribution is 0.207. The number of aromatic nitrogens is 2. The molecule has 0 spiro atoms. The average molecular weight is 365 g/mol. The second-order valence-electron chi connectivity index (χ2n) is 6.95. The fourth-order valence-electron chi connectivity index (χ4n) is 2.96. The summed E-state index contributed by atoms with van der Waals surface area (Å²) in [5.41, 5.74) is 4.30. The first-order valence-electron chi connectivity index (χ1n) is 9.22. The van der Waals surface area contributed by atoms with Gasteiger partial charge in [0.25, 0.3) is 0 Å². The first kappa shape index (κ1) is 18.8. The Balaban J connectivity index is 1.41. The Kier molecular flexibility index (Phi) is 5.96. The van der Waals surface area contributed by atoms with Crippen LogP contribution in [0.25, 0.3) is 11.0 Å². The molecule has 3 rings (SSSR count). The topological polar surface area (TPSA) is 64.3 Å². The Morgan fingerprint density at radius 2 is 1.81 bits per heavy atom. The first-order chi connectivity index (χ1) is 13.0. The lowest BCUT2D eigenvalue weighted by Gasteiger charge is -2.19. The van der Waals surface area contributed by atoms with Crippen molar-refractivity contribution in [3.8, 4) is 0 Å². The van der Waals surface area contributed by atoms with Crippen LogP contribution in [-0.2, 0) is 13.0 Å². The van der Waals surface area contributed by atoms with E-state index in [4.69, 9.17) is 0 Å². The Labute approximate surface area is 160 Å². The van der Waals surface area contributed by atoms with Crippen molar-refractivity contribution < 1.29 is 4.79 Å². The number of carbonyl (C=O) groups excluding carboxylic acids is 1. The molecule has 6 heteroatoms. The molecule has 6 nitrogen and oxygen atoms in total. The van der Waals surface area contributed by atoms with Gasteiger partial charge in [-0.3, -0.25) is 0 Å². The maximum absolute atomic E-state index is 12.3. The molecular formula is C21H27N5O. The molecule has 2 N–H and O–H groups in total. The van der Waals surface area contributed by atoms with Gasteiger partial charge in [-0.15, -0.1) is 0 Å². The lowest BCUT2D eigenvalue weighted by Crippen LogP contribution is -2.37. The molecule has 1 aromatic heterocycles. The Hall–Kier alpha value is -3.02. The highest BCUT2D eigenvalue weighted by Crippen LogP contribution is 2.13. The number of urea groups is 1. The van der Waals surface area contributed by atoms with Crippen LogP contribution in [-0.4, -0.2) is 48.6 Å². The Morgan fingerprint density at radius 1 is 1.07 bits per heavy atom. The van der Waals surface area contributed by atoms with Gasteiger partial charge in [-0.1, -0.05) is 24.3 Å². The summed E-state index contributed by atoms with van der Waals surface area (Å²) < 4.78 is 0. The van der Waals surface area contributed by atoms with E-state index in [2.05, 4.69) is 44.5 Å². The lowest BCUT2D eigenvalue weighted by atomic mass is 10.2. The summed E-state index contributed by atoms with van der Waals surface area (Å²) in [4.78, 5) is 23.9. The SMILES string of the molecule is CN(Cc1ccc(N(C)C)cc1)C(=O)NCCCc1nc2ccccc2[nH]1. The molecule has 2 amide bonds. The van der Waals surface area contributed by atoms with E-state index in [-0.39, 0.29) is 6.03 Å². The number of aromatic amines is 1. The van der Waals surface area contributed by atoms with Crippen LogP contribution in [0.4, 0.5) is 10.5 Å². The quantitative estimate of drug-likeness (QED) is 0.631. The monoisotopic (exact) mass is 365 g/mol. The van der Waals surface area contributed by atoms with Crippen LogP contribution in [0.1, 0.15) is 17.8 Å². The molecule has 0 radical (unpaired) electrons. The van der Waals surface area contributed by atoms with E-state index in [0.29, 0.717) is 13.1 Å². The Morgan fingerprint density at radius 3 is 2.52 bits per heavy atom. The van der Waals surface area contributed by atoms with Crippen LogP contribution >= 0.6 is 0 Å². The van der Waals surface area contributed by atoms with E-state index in [1.54, 1.807) is 4.90 Å². The van der Waals surface area contributed by atoms with E-state index in [0.717, 1.165) is 41.0 Å². The molecule has 0 saturated heterocycles. The number of benzene rings is 2. The second kappa shape index (κ2) is 8.58. The van der Waals surface area contributed by atoms with Crippen molar-refractivity contribution in [3.05, 3.63) is 59.9 Å². The number of rotatable bonds is 7. The molecule has 0 aliphatic heterocycles. The highest BCUT2D eigenvalue weighted by molar-refractivity contribution is 5.75. The van der Waals surface area contributed by atoms with E-state index >= 15 is 0 Å². The minimum Gasteiger partial charge on any atom is -0.378 e. The number of hydrogen-bond donors (Lipinski definition) is 2. The summed E-state index contributed by atoms with van der Waals surface area (Å²) in [5, 5.41) is 2.97. The zero-order chi connectivity index (χ0) is 19.2. The molecule has 0 atom stereocenters. The van der Waals surface area contributed by atoms with Crippen LogP contribution in [0, 0.1) is 0 Å². The van der Waals surface area contributed by atoms with Gasteiger partial charge in [-0.05, 0) is 36.2 Å². The third kappa shape index (κ3) is 5.00. The summed E-state index contributed by atoms with van der Waals surface area (Å²) in [5.74, 6) is 0.958. The smallest absolute Gasteiger partial charge is 0.317 e. The fraction of sp³-hybridized carbons (Fsp3) is 0.333. The van der Waals surface area contributed by atoms with Crippen molar-refractivity contribution >= 4 is 22.8 Å². The van der Waals surface area contributed by atoms with E-state index < -0.39 is 0 Å². The molecule has 142 valence electrons. The van der Waals surface area contributed by atoms with Crippen molar-refractivity contribution in [1.29, 1.82) is 0 Å². The molecule has 0 unspecified atom stereocenters. The molecular weight excluding hydrogens is 338 g/mol. The number of carbonyl (C=O) groups is 1. The standard InChI is InChI=1S/C21H27N5O/c1-25(2)17-12-10-16(11-13-17)15-26(3)21(27)22-14-6-9-20-23-18-7-4-5-8-19(18)24-20/h4-5,7-8,10-13H,6,9,14-15H2,1-3H3,(H,22,27)(H,23,24). The number of nitrogens with zero attached hydrogens (tertiary/aromatic N) is 3. The summed E-state index contributed by atoms with van der Waals surface area (Å²) in [6.45, 7) is 1.21. The molecule has 1 heterocycles. The number of aryl methyl sites for hydroxylation is 1. The average Bonchev–Trinajstić information content (AvgIpc) is 3.08.